The number of piperidine rings is 1. The van der Waals surface area contributed by atoms with Gasteiger partial charge in [0.1, 0.15) is 5.75 Å². The van der Waals surface area contributed by atoms with E-state index >= 15 is 0 Å². The fourth-order valence-electron chi connectivity index (χ4n) is 4.79. The highest BCUT2D eigenvalue weighted by molar-refractivity contribution is 5.97. The maximum absolute atomic E-state index is 12.9. The molecule has 4 heteroatoms. The molecule has 0 spiro atoms. The van der Waals surface area contributed by atoms with Crippen molar-refractivity contribution in [2.45, 2.75) is 51.4 Å². The lowest BCUT2D eigenvalue weighted by atomic mass is 9.89. The number of nitrogens with zero attached hydrogens (tertiary/aromatic N) is 2. The maximum Gasteiger partial charge on any atom is 0.257 e. The first kappa shape index (κ1) is 16.9. The van der Waals surface area contributed by atoms with Crippen molar-refractivity contribution in [1.82, 2.24) is 9.80 Å². The van der Waals surface area contributed by atoms with Gasteiger partial charge in [0.2, 0.25) is 0 Å². The Kier molecular flexibility index (Phi) is 4.98. The number of carbonyl (C=O) groups is 1. The van der Waals surface area contributed by atoms with E-state index < -0.39 is 0 Å². The summed E-state index contributed by atoms with van der Waals surface area (Å²) in [7, 11) is 0. The van der Waals surface area contributed by atoms with Gasteiger partial charge in [0.25, 0.3) is 5.91 Å². The Morgan fingerprint density at radius 2 is 1.72 bits per heavy atom. The minimum atomic E-state index is 0.0204. The molecule has 25 heavy (non-hydrogen) atoms. The molecular formula is C21H30N2O2. The first-order chi connectivity index (χ1) is 12.2. The van der Waals surface area contributed by atoms with Crippen LogP contribution in [0.25, 0.3) is 0 Å². The number of likely N-dealkylation sites (tertiary alicyclic amines) is 2. The van der Waals surface area contributed by atoms with Gasteiger partial charge >= 0.3 is 0 Å². The van der Waals surface area contributed by atoms with Crippen molar-refractivity contribution in [2.75, 3.05) is 32.7 Å². The number of aromatic hydroxyl groups is 1. The van der Waals surface area contributed by atoms with Crippen molar-refractivity contribution in [3.8, 4) is 5.75 Å². The summed E-state index contributed by atoms with van der Waals surface area (Å²) < 4.78 is 0. The number of hydrogen-bond donors (Lipinski definition) is 1. The number of amides is 1. The molecule has 1 unspecified atom stereocenters. The van der Waals surface area contributed by atoms with Crippen LogP contribution in [0.1, 0.15) is 60.0 Å². The Bertz CT molecular complexity index is 637. The molecule has 1 N–H and O–H groups in total. The third kappa shape index (κ3) is 3.69. The average Bonchev–Trinajstić information content (AvgIpc) is 3.10. The van der Waals surface area contributed by atoms with E-state index in [0.29, 0.717) is 11.5 Å². The van der Waals surface area contributed by atoms with Crippen LogP contribution in [-0.2, 0) is 12.8 Å². The summed E-state index contributed by atoms with van der Waals surface area (Å²) in [6, 6.07) is 3.80. The largest absolute Gasteiger partial charge is 0.507 e. The molecule has 2 saturated heterocycles. The van der Waals surface area contributed by atoms with E-state index in [0.717, 1.165) is 38.9 Å². The maximum atomic E-state index is 12.9. The lowest BCUT2D eigenvalue weighted by Gasteiger charge is -2.29. The minimum absolute atomic E-state index is 0.0204. The lowest BCUT2D eigenvalue weighted by Crippen LogP contribution is -2.36. The highest BCUT2D eigenvalue weighted by Crippen LogP contribution is 2.30. The van der Waals surface area contributed by atoms with E-state index in [1.54, 1.807) is 0 Å². The zero-order chi connectivity index (χ0) is 17.2. The molecule has 1 amide bonds. The SMILES string of the molecule is O=C(c1cc2c(cc1O)CCCC2)N1CCC(CN2CCCCC2)C1. The molecule has 4 nitrogen and oxygen atoms in total. The number of fused-ring (bicyclic) bond motifs is 1. The van der Waals surface area contributed by atoms with E-state index in [1.807, 2.05) is 17.0 Å². The third-order valence-electron chi connectivity index (χ3n) is 6.23. The lowest BCUT2D eigenvalue weighted by molar-refractivity contribution is 0.0779. The third-order valence-corrected chi connectivity index (χ3v) is 6.23. The molecule has 0 bridgehead atoms. The summed E-state index contributed by atoms with van der Waals surface area (Å²) in [5.74, 6) is 0.777. The molecule has 4 rings (SSSR count). The van der Waals surface area contributed by atoms with Gasteiger partial charge in [-0.15, -0.1) is 0 Å². The Balaban J connectivity index is 1.41. The van der Waals surface area contributed by atoms with Crippen LogP contribution in [0.2, 0.25) is 0 Å². The molecule has 2 aliphatic heterocycles. The number of phenolic OH excluding ortho intramolecular Hbond substituents is 1. The van der Waals surface area contributed by atoms with Crippen LogP contribution in [-0.4, -0.2) is 53.5 Å². The second-order valence-electron chi connectivity index (χ2n) is 8.11. The second-order valence-corrected chi connectivity index (χ2v) is 8.11. The van der Waals surface area contributed by atoms with Crippen LogP contribution < -0.4 is 0 Å². The molecular weight excluding hydrogens is 312 g/mol. The average molecular weight is 342 g/mol. The van der Waals surface area contributed by atoms with Crippen LogP contribution in [0.3, 0.4) is 0 Å². The Morgan fingerprint density at radius 1 is 1.00 bits per heavy atom. The molecule has 2 fully saturated rings. The highest BCUT2D eigenvalue weighted by atomic mass is 16.3. The fraction of sp³-hybridized carbons (Fsp3) is 0.667. The smallest absolute Gasteiger partial charge is 0.257 e. The molecule has 1 atom stereocenters. The van der Waals surface area contributed by atoms with E-state index in [1.165, 1.54) is 56.3 Å². The van der Waals surface area contributed by atoms with Gasteiger partial charge in [0.05, 0.1) is 5.56 Å². The normalized spacial score (nSPS) is 24.3. The molecule has 0 aromatic heterocycles. The number of phenols is 1. The van der Waals surface area contributed by atoms with Crippen LogP contribution in [0.5, 0.6) is 5.75 Å². The summed E-state index contributed by atoms with van der Waals surface area (Å²) in [5.41, 5.74) is 3.00. The summed E-state index contributed by atoms with van der Waals surface area (Å²) >= 11 is 0. The molecule has 0 radical (unpaired) electrons. The van der Waals surface area contributed by atoms with E-state index in [-0.39, 0.29) is 11.7 Å². The summed E-state index contributed by atoms with van der Waals surface area (Å²) in [5, 5.41) is 10.4. The zero-order valence-electron chi connectivity index (χ0n) is 15.2. The quantitative estimate of drug-likeness (QED) is 0.917. The number of carbonyl (C=O) groups excluding carboxylic acids is 1. The molecule has 0 saturated carbocycles. The topological polar surface area (TPSA) is 43.8 Å². The predicted molar refractivity (Wildman–Crippen MR) is 99.1 cm³/mol. The minimum Gasteiger partial charge on any atom is -0.507 e. The van der Waals surface area contributed by atoms with Gasteiger partial charge in [-0.05, 0) is 87.2 Å². The molecule has 3 aliphatic rings. The summed E-state index contributed by atoms with van der Waals surface area (Å²) in [4.78, 5) is 17.5. The molecule has 1 aromatic carbocycles. The van der Waals surface area contributed by atoms with Crippen molar-refractivity contribution in [2.24, 2.45) is 5.92 Å². The summed E-state index contributed by atoms with van der Waals surface area (Å²) in [6.45, 7) is 5.23. The van der Waals surface area contributed by atoms with Gasteiger partial charge < -0.3 is 14.9 Å². The second kappa shape index (κ2) is 7.36. The van der Waals surface area contributed by atoms with Crippen molar-refractivity contribution in [3.05, 3.63) is 28.8 Å². The Hall–Kier alpha value is -1.55. The van der Waals surface area contributed by atoms with Gasteiger partial charge in [-0.3, -0.25) is 4.79 Å². The monoisotopic (exact) mass is 342 g/mol. The number of hydrogen-bond acceptors (Lipinski definition) is 3. The zero-order valence-corrected chi connectivity index (χ0v) is 15.2. The first-order valence-corrected chi connectivity index (χ1v) is 10.1. The molecule has 1 aliphatic carbocycles. The van der Waals surface area contributed by atoms with E-state index in [9.17, 15) is 9.90 Å². The van der Waals surface area contributed by atoms with Gasteiger partial charge in [-0.2, -0.15) is 0 Å². The van der Waals surface area contributed by atoms with Crippen molar-refractivity contribution in [1.29, 1.82) is 0 Å². The van der Waals surface area contributed by atoms with Crippen molar-refractivity contribution in [3.63, 3.8) is 0 Å². The van der Waals surface area contributed by atoms with Gasteiger partial charge in [-0.25, -0.2) is 0 Å². The van der Waals surface area contributed by atoms with Gasteiger partial charge in [-0.1, -0.05) is 6.42 Å². The summed E-state index contributed by atoms with van der Waals surface area (Å²) in [6.07, 6.45) is 9.53. The van der Waals surface area contributed by atoms with Crippen molar-refractivity contribution >= 4 is 5.91 Å². The van der Waals surface area contributed by atoms with Crippen LogP contribution >= 0.6 is 0 Å². The van der Waals surface area contributed by atoms with Crippen LogP contribution in [0.4, 0.5) is 0 Å². The van der Waals surface area contributed by atoms with Crippen LogP contribution in [0, 0.1) is 5.92 Å². The number of aryl methyl sites for hydroxylation is 2. The van der Waals surface area contributed by atoms with Crippen LogP contribution in [0.15, 0.2) is 12.1 Å². The highest BCUT2D eigenvalue weighted by Gasteiger charge is 2.30. The fourth-order valence-corrected chi connectivity index (χ4v) is 4.79. The first-order valence-electron chi connectivity index (χ1n) is 10.1. The van der Waals surface area contributed by atoms with E-state index in [4.69, 9.17) is 0 Å². The Morgan fingerprint density at radius 3 is 2.48 bits per heavy atom. The molecule has 1 aromatic rings. The van der Waals surface area contributed by atoms with Gasteiger partial charge in [0.15, 0.2) is 0 Å². The van der Waals surface area contributed by atoms with Gasteiger partial charge in [0, 0.05) is 19.6 Å². The molecule has 2 heterocycles. The predicted octanol–water partition coefficient (Wildman–Crippen LogP) is 3.22. The molecule has 136 valence electrons. The van der Waals surface area contributed by atoms with Crippen molar-refractivity contribution < 1.29 is 9.90 Å². The van der Waals surface area contributed by atoms with E-state index in [2.05, 4.69) is 4.90 Å². The number of benzene rings is 1. The number of rotatable bonds is 3. The Labute approximate surface area is 150 Å². The standard InChI is InChI=1S/C21H30N2O2/c24-20-13-18-7-3-2-6-17(18)12-19(20)21(25)23-11-8-16(15-23)14-22-9-4-1-5-10-22/h12-13,16,24H,1-11,14-15H2.